The summed E-state index contributed by atoms with van der Waals surface area (Å²) in [4.78, 5) is 15.8. The Balaban J connectivity index is 1.95. The first-order valence-corrected chi connectivity index (χ1v) is 5.30. The second kappa shape index (κ2) is 4.36. The highest BCUT2D eigenvalue weighted by Crippen LogP contribution is 2.28. The topological polar surface area (TPSA) is 30.0 Å². The van der Waals surface area contributed by atoms with Gasteiger partial charge in [0.05, 0.1) is 0 Å². The summed E-state index contributed by atoms with van der Waals surface area (Å²) in [5.41, 5.74) is 0.624. The average molecular weight is 189 g/mol. The molecule has 0 aliphatic heterocycles. The summed E-state index contributed by atoms with van der Waals surface area (Å²) in [6.45, 7) is 0. The molecule has 1 aliphatic rings. The van der Waals surface area contributed by atoms with Crippen LogP contribution >= 0.6 is 0 Å². The number of hydrogen-bond acceptors (Lipinski definition) is 2. The second-order valence-corrected chi connectivity index (χ2v) is 3.99. The van der Waals surface area contributed by atoms with Gasteiger partial charge in [-0.2, -0.15) is 0 Å². The predicted octanol–water partition coefficient (Wildman–Crippen LogP) is 2.84. The molecule has 2 rings (SSSR count). The van der Waals surface area contributed by atoms with Crippen LogP contribution in [-0.4, -0.2) is 10.8 Å². The summed E-state index contributed by atoms with van der Waals surface area (Å²) in [7, 11) is 0. The van der Waals surface area contributed by atoms with Gasteiger partial charge in [0.25, 0.3) is 0 Å². The number of carbonyl (C=O) groups is 1. The van der Waals surface area contributed by atoms with E-state index in [0.29, 0.717) is 18.0 Å². The van der Waals surface area contributed by atoms with Crippen LogP contribution in [0, 0.1) is 5.92 Å². The molecule has 1 aromatic heterocycles. The van der Waals surface area contributed by atoms with E-state index < -0.39 is 0 Å². The van der Waals surface area contributed by atoms with E-state index in [-0.39, 0.29) is 5.78 Å². The molecule has 74 valence electrons. The van der Waals surface area contributed by atoms with E-state index in [4.69, 9.17) is 0 Å². The third-order valence-electron chi connectivity index (χ3n) is 2.90. The molecule has 0 spiro atoms. The van der Waals surface area contributed by atoms with Crippen LogP contribution in [0.4, 0.5) is 0 Å². The third-order valence-corrected chi connectivity index (χ3v) is 2.90. The van der Waals surface area contributed by atoms with E-state index in [1.54, 1.807) is 12.3 Å². The normalized spacial score (nSPS) is 17.1. The van der Waals surface area contributed by atoms with Crippen LogP contribution in [0.1, 0.15) is 42.6 Å². The smallest absolute Gasteiger partial charge is 0.181 e. The minimum atomic E-state index is 0.206. The molecular formula is C12H15NO. The lowest BCUT2D eigenvalue weighted by atomic mass is 9.99. The maximum atomic E-state index is 11.7. The highest BCUT2D eigenvalue weighted by molar-refractivity contribution is 5.94. The molecule has 1 aliphatic carbocycles. The quantitative estimate of drug-likeness (QED) is 0.684. The minimum absolute atomic E-state index is 0.206. The molecule has 1 aromatic rings. The van der Waals surface area contributed by atoms with E-state index in [1.165, 1.54) is 25.7 Å². The van der Waals surface area contributed by atoms with Gasteiger partial charge in [-0.1, -0.05) is 31.7 Å². The molecule has 0 atom stereocenters. The SMILES string of the molecule is O=C(CC1CCCC1)c1ccccn1. The third kappa shape index (κ3) is 2.19. The average Bonchev–Trinajstić information content (AvgIpc) is 2.72. The Hall–Kier alpha value is -1.18. The lowest BCUT2D eigenvalue weighted by Crippen LogP contribution is -2.07. The first kappa shape index (κ1) is 9.38. The van der Waals surface area contributed by atoms with Crippen molar-refractivity contribution in [2.45, 2.75) is 32.1 Å². The summed E-state index contributed by atoms with van der Waals surface area (Å²) in [6, 6.07) is 5.51. The summed E-state index contributed by atoms with van der Waals surface area (Å²) >= 11 is 0. The van der Waals surface area contributed by atoms with E-state index in [9.17, 15) is 4.79 Å². The van der Waals surface area contributed by atoms with Gasteiger partial charge in [-0.25, -0.2) is 0 Å². The number of Topliss-reactive ketones (excluding diaryl/α,β-unsaturated/α-hetero) is 1. The van der Waals surface area contributed by atoms with Crippen LogP contribution in [0.5, 0.6) is 0 Å². The van der Waals surface area contributed by atoms with Gasteiger partial charge in [0.15, 0.2) is 5.78 Å². The molecule has 0 saturated heterocycles. The molecule has 0 radical (unpaired) electrons. The summed E-state index contributed by atoms with van der Waals surface area (Å²) in [6.07, 6.45) is 7.40. The lowest BCUT2D eigenvalue weighted by Gasteiger charge is -2.06. The zero-order valence-electron chi connectivity index (χ0n) is 8.28. The Kier molecular flexibility index (Phi) is 2.92. The first-order valence-electron chi connectivity index (χ1n) is 5.30. The Morgan fingerprint density at radius 2 is 2.14 bits per heavy atom. The van der Waals surface area contributed by atoms with Crippen LogP contribution in [0.3, 0.4) is 0 Å². The standard InChI is InChI=1S/C12H15NO/c14-12(9-10-5-1-2-6-10)11-7-3-4-8-13-11/h3-4,7-8,10H,1-2,5-6,9H2. The van der Waals surface area contributed by atoms with Gasteiger partial charge >= 0.3 is 0 Å². The van der Waals surface area contributed by atoms with E-state index in [1.807, 2.05) is 12.1 Å². The lowest BCUT2D eigenvalue weighted by molar-refractivity contribution is 0.0957. The van der Waals surface area contributed by atoms with Crippen molar-refractivity contribution in [2.24, 2.45) is 5.92 Å². The Morgan fingerprint density at radius 1 is 1.36 bits per heavy atom. The maximum absolute atomic E-state index is 11.7. The van der Waals surface area contributed by atoms with E-state index in [0.717, 1.165) is 0 Å². The molecule has 2 heteroatoms. The van der Waals surface area contributed by atoms with Crippen molar-refractivity contribution in [3.05, 3.63) is 30.1 Å². The summed E-state index contributed by atoms with van der Waals surface area (Å²) in [5, 5.41) is 0. The molecule has 0 unspecified atom stereocenters. The fourth-order valence-corrected chi connectivity index (χ4v) is 2.11. The summed E-state index contributed by atoms with van der Waals surface area (Å²) in [5.74, 6) is 0.821. The van der Waals surface area contributed by atoms with Crippen molar-refractivity contribution in [3.8, 4) is 0 Å². The highest BCUT2D eigenvalue weighted by Gasteiger charge is 2.19. The largest absolute Gasteiger partial charge is 0.292 e. The Labute approximate surface area is 84.4 Å². The van der Waals surface area contributed by atoms with Gasteiger partial charge in [0.1, 0.15) is 5.69 Å². The first-order chi connectivity index (χ1) is 6.86. The molecule has 1 fully saturated rings. The molecule has 0 amide bonds. The number of ketones is 1. The molecule has 0 N–H and O–H groups in total. The minimum Gasteiger partial charge on any atom is -0.292 e. The van der Waals surface area contributed by atoms with Crippen molar-refractivity contribution in [2.75, 3.05) is 0 Å². The zero-order valence-corrected chi connectivity index (χ0v) is 8.28. The van der Waals surface area contributed by atoms with Gasteiger partial charge in [0.2, 0.25) is 0 Å². The summed E-state index contributed by atoms with van der Waals surface area (Å²) < 4.78 is 0. The van der Waals surface area contributed by atoms with Crippen LogP contribution in [-0.2, 0) is 0 Å². The predicted molar refractivity (Wildman–Crippen MR) is 55.1 cm³/mol. The molecular weight excluding hydrogens is 174 g/mol. The van der Waals surface area contributed by atoms with Gasteiger partial charge in [-0.15, -0.1) is 0 Å². The number of hydrogen-bond donors (Lipinski definition) is 0. The van der Waals surface area contributed by atoms with Crippen molar-refractivity contribution < 1.29 is 4.79 Å². The van der Waals surface area contributed by atoms with E-state index >= 15 is 0 Å². The number of aromatic nitrogens is 1. The highest BCUT2D eigenvalue weighted by atomic mass is 16.1. The van der Waals surface area contributed by atoms with Crippen molar-refractivity contribution in [3.63, 3.8) is 0 Å². The number of carbonyl (C=O) groups excluding carboxylic acids is 1. The fourth-order valence-electron chi connectivity index (χ4n) is 2.11. The number of pyridine rings is 1. The molecule has 0 bridgehead atoms. The van der Waals surface area contributed by atoms with Crippen molar-refractivity contribution >= 4 is 5.78 Å². The van der Waals surface area contributed by atoms with Gasteiger partial charge < -0.3 is 0 Å². The maximum Gasteiger partial charge on any atom is 0.181 e. The fraction of sp³-hybridized carbons (Fsp3) is 0.500. The van der Waals surface area contributed by atoms with Crippen molar-refractivity contribution in [1.29, 1.82) is 0 Å². The molecule has 14 heavy (non-hydrogen) atoms. The zero-order chi connectivity index (χ0) is 9.80. The number of nitrogens with zero attached hydrogens (tertiary/aromatic N) is 1. The van der Waals surface area contributed by atoms with Crippen LogP contribution in [0.25, 0.3) is 0 Å². The monoisotopic (exact) mass is 189 g/mol. The molecule has 2 nitrogen and oxygen atoms in total. The molecule has 0 aromatic carbocycles. The molecule has 1 saturated carbocycles. The second-order valence-electron chi connectivity index (χ2n) is 3.99. The molecule has 1 heterocycles. The van der Waals surface area contributed by atoms with Crippen molar-refractivity contribution in [1.82, 2.24) is 4.98 Å². The van der Waals surface area contributed by atoms with Crippen LogP contribution in [0.15, 0.2) is 24.4 Å². The van der Waals surface area contributed by atoms with Crippen LogP contribution in [0.2, 0.25) is 0 Å². The van der Waals surface area contributed by atoms with E-state index in [2.05, 4.69) is 4.98 Å². The Bertz CT molecular complexity index is 301. The number of rotatable bonds is 3. The van der Waals surface area contributed by atoms with Gasteiger partial charge in [0, 0.05) is 12.6 Å². The van der Waals surface area contributed by atoms with Gasteiger partial charge in [-0.05, 0) is 18.1 Å². The Morgan fingerprint density at radius 3 is 2.79 bits per heavy atom. The van der Waals surface area contributed by atoms with Crippen LogP contribution < -0.4 is 0 Å². The van der Waals surface area contributed by atoms with Gasteiger partial charge in [-0.3, -0.25) is 9.78 Å².